The number of fused-ring (bicyclic) bond motifs is 1. The number of hydrogen-bond donors (Lipinski definition) is 3. The maximum Gasteiger partial charge on any atom is 0.407 e. The topological polar surface area (TPSA) is 83.6 Å². The molecule has 3 N–H and O–H groups in total. The summed E-state index contributed by atoms with van der Waals surface area (Å²) in [5.41, 5.74) is 1.74. The molecule has 0 saturated heterocycles. The van der Waals surface area contributed by atoms with Gasteiger partial charge in [0, 0.05) is 38.3 Å². The molecule has 2 aromatic rings. The molecule has 132 valence electrons. The van der Waals surface area contributed by atoms with Crippen molar-refractivity contribution in [1.29, 1.82) is 0 Å². The van der Waals surface area contributed by atoms with E-state index in [4.69, 9.17) is 9.47 Å². The van der Waals surface area contributed by atoms with Gasteiger partial charge in [0.2, 0.25) is 0 Å². The van der Waals surface area contributed by atoms with E-state index in [0.29, 0.717) is 25.3 Å². The number of methoxy groups -OCH3 is 1. The average Bonchev–Trinajstić information content (AvgIpc) is 2.89. The van der Waals surface area contributed by atoms with Crippen molar-refractivity contribution in [3.63, 3.8) is 0 Å². The van der Waals surface area contributed by atoms with Crippen molar-refractivity contribution in [1.82, 2.24) is 10.3 Å². The molecule has 0 fully saturated rings. The Morgan fingerprint density at radius 3 is 2.75 bits per heavy atom. The van der Waals surface area contributed by atoms with Gasteiger partial charge in [0.15, 0.2) is 0 Å². The van der Waals surface area contributed by atoms with Gasteiger partial charge >= 0.3 is 6.09 Å². The number of alkyl carbamates (subject to hydrolysis) is 1. The normalized spacial score (nSPS) is 11.5. The Balaban J connectivity index is 1.87. The monoisotopic (exact) mass is 350 g/mol. The summed E-state index contributed by atoms with van der Waals surface area (Å²) in [6.45, 7) is 7.64. The van der Waals surface area contributed by atoms with Gasteiger partial charge in [0.05, 0.1) is 19.2 Å². The number of carbonyl (C=O) groups excluding carboxylic acids is 1. The minimum atomic E-state index is -1.19. The molecule has 1 amide bonds. The van der Waals surface area contributed by atoms with E-state index in [1.54, 1.807) is 13.2 Å². The molecule has 0 aliphatic heterocycles. The molecule has 0 spiro atoms. The second-order valence-corrected chi connectivity index (χ2v) is 12.6. The van der Waals surface area contributed by atoms with E-state index in [-0.39, 0.29) is 11.8 Å². The molecular formula is C17H26N2O4Si. The molecule has 2 rings (SSSR count). The lowest BCUT2D eigenvalue weighted by Crippen LogP contribution is -2.29. The number of phenolic OH excluding ortho intramolecular Hbond substituents is 1. The fourth-order valence-electron chi connectivity index (χ4n) is 2.40. The zero-order valence-electron chi connectivity index (χ0n) is 14.7. The molecule has 6 nitrogen and oxygen atoms in total. The number of benzene rings is 1. The minimum absolute atomic E-state index is 0.165. The third-order valence-electron chi connectivity index (χ3n) is 3.80. The molecule has 1 aromatic carbocycles. The number of ether oxygens (including phenoxy) is 2. The number of H-pyrrole nitrogens is 1. The van der Waals surface area contributed by atoms with Crippen molar-refractivity contribution in [3.8, 4) is 11.5 Å². The number of amides is 1. The van der Waals surface area contributed by atoms with Crippen molar-refractivity contribution in [2.45, 2.75) is 32.1 Å². The van der Waals surface area contributed by atoms with Crippen LogP contribution in [0.1, 0.15) is 5.56 Å². The summed E-state index contributed by atoms with van der Waals surface area (Å²) in [5.74, 6) is 0.760. The fourth-order valence-corrected chi connectivity index (χ4v) is 3.12. The van der Waals surface area contributed by atoms with Crippen molar-refractivity contribution < 1.29 is 19.4 Å². The van der Waals surface area contributed by atoms with Gasteiger partial charge in [0.25, 0.3) is 0 Å². The molecule has 0 aliphatic carbocycles. The van der Waals surface area contributed by atoms with Crippen LogP contribution in [0.25, 0.3) is 10.9 Å². The molecule has 24 heavy (non-hydrogen) atoms. The number of aromatic nitrogens is 1. The van der Waals surface area contributed by atoms with Crippen LogP contribution in [0.3, 0.4) is 0 Å². The molecule has 1 aromatic heterocycles. The smallest absolute Gasteiger partial charge is 0.407 e. The number of aromatic hydroxyl groups is 1. The van der Waals surface area contributed by atoms with E-state index >= 15 is 0 Å². The van der Waals surface area contributed by atoms with Gasteiger partial charge in [-0.3, -0.25) is 0 Å². The highest BCUT2D eigenvalue weighted by Gasteiger charge is 2.14. The Morgan fingerprint density at radius 2 is 2.08 bits per heavy atom. The van der Waals surface area contributed by atoms with Crippen LogP contribution in [0.4, 0.5) is 4.79 Å². The minimum Gasteiger partial charge on any atom is -0.507 e. The highest BCUT2D eigenvalue weighted by Crippen LogP contribution is 2.32. The maximum atomic E-state index is 11.7. The van der Waals surface area contributed by atoms with Gasteiger partial charge in [-0.2, -0.15) is 0 Å². The van der Waals surface area contributed by atoms with E-state index in [2.05, 4.69) is 29.9 Å². The third kappa shape index (κ3) is 4.92. The lowest BCUT2D eigenvalue weighted by Gasteiger charge is -2.15. The van der Waals surface area contributed by atoms with Crippen LogP contribution >= 0.6 is 0 Å². The average molecular weight is 350 g/mol. The van der Waals surface area contributed by atoms with Crippen molar-refractivity contribution >= 4 is 25.1 Å². The summed E-state index contributed by atoms with van der Waals surface area (Å²) >= 11 is 0. The van der Waals surface area contributed by atoms with E-state index in [9.17, 15) is 9.90 Å². The highest BCUT2D eigenvalue weighted by atomic mass is 28.3. The standard InChI is InChI=1S/C17H26N2O4Si/c1-22-13-9-14-16(15(20)10-13)12(11-19-14)5-6-18-17(21)23-7-8-24(2,3)4/h9-11,19-20H,5-8H2,1-4H3,(H,18,21). The van der Waals surface area contributed by atoms with Crippen LogP contribution in [0, 0.1) is 0 Å². The Hall–Kier alpha value is -2.15. The molecule has 0 aliphatic rings. The summed E-state index contributed by atoms with van der Waals surface area (Å²) in [7, 11) is 0.367. The first kappa shape index (κ1) is 18.2. The molecule has 0 radical (unpaired) electrons. The Kier molecular flexibility index (Phi) is 5.77. The van der Waals surface area contributed by atoms with Gasteiger partial charge in [-0.1, -0.05) is 19.6 Å². The Bertz CT molecular complexity index is 706. The SMILES string of the molecule is COc1cc(O)c2c(CCNC(=O)OCC[Si](C)(C)C)c[nH]c2c1. The second-order valence-electron chi connectivity index (χ2n) is 7.01. The molecule has 0 saturated carbocycles. The zero-order valence-corrected chi connectivity index (χ0v) is 15.7. The zero-order chi connectivity index (χ0) is 17.7. The van der Waals surface area contributed by atoms with Crippen LogP contribution in [0.15, 0.2) is 18.3 Å². The Morgan fingerprint density at radius 1 is 1.33 bits per heavy atom. The van der Waals surface area contributed by atoms with Gasteiger partial charge in [-0.25, -0.2) is 4.79 Å². The van der Waals surface area contributed by atoms with Crippen LogP contribution < -0.4 is 10.1 Å². The first-order valence-corrected chi connectivity index (χ1v) is 11.8. The largest absolute Gasteiger partial charge is 0.507 e. The summed E-state index contributed by atoms with van der Waals surface area (Å²) < 4.78 is 10.3. The predicted molar refractivity (Wildman–Crippen MR) is 97.7 cm³/mol. The fraction of sp³-hybridized carbons (Fsp3) is 0.471. The van der Waals surface area contributed by atoms with Crippen molar-refractivity contribution in [2.75, 3.05) is 20.3 Å². The maximum absolute atomic E-state index is 11.7. The summed E-state index contributed by atoms with van der Waals surface area (Å²) in [5, 5.41) is 13.6. The van der Waals surface area contributed by atoms with Crippen LogP contribution in [-0.4, -0.2) is 44.5 Å². The van der Waals surface area contributed by atoms with E-state index < -0.39 is 8.07 Å². The highest BCUT2D eigenvalue weighted by molar-refractivity contribution is 6.76. The number of aromatic amines is 1. The number of carbonyl (C=O) groups is 1. The third-order valence-corrected chi connectivity index (χ3v) is 5.50. The molecule has 0 atom stereocenters. The van der Waals surface area contributed by atoms with E-state index in [0.717, 1.165) is 22.5 Å². The first-order valence-electron chi connectivity index (χ1n) is 8.08. The number of nitrogens with one attached hydrogen (secondary N) is 2. The summed E-state index contributed by atoms with van der Waals surface area (Å²) in [6, 6.07) is 4.37. The molecule has 7 heteroatoms. The van der Waals surface area contributed by atoms with Gasteiger partial charge in [-0.15, -0.1) is 0 Å². The molecule has 0 bridgehead atoms. The predicted octanol–water partition coefficient (Wildman–Crippen LogP) is 3.49. The summed E-state index contributed by atoms with van der Waals surface area (Å²) in [4.78, 5) is 14.8. The first-order chi connectivity index (χ1) is 11.3. The van der Waals surface area contributed by atoms with Crippen LogP contribution in [0.2, 0.25) is 25.7 Å². The number of hydrogen-bond acceptors (Lipinski definition) is 4. The van der Waals surface area contributed by atoms with Crippen LogP contribution in [0.5, 0.6) is 11.5 Å². The molecule has 1 heterocycles. The second kappa shape index (κ2) is 7.61. The number of rotatable bonds is 7. The Labute approximate surface area is 143 Å². The van der Waals surface area contributed by atoms with Crippen molar-refractivity contribution in [2.24, 2.45) is 0 Å². The summed E-state index contributed by atoms with van der Waals surface area (Å²) in [6.07, 6.45) is 2.05. The lowest BCUT2D eigenvalue weighted by molar-refractivity contribution is 0.152. The van der Waals surface area contributed by atoms with Gasteiger partial charge in [-0.05, 0) is 18.0 Å². The molecule has 0 unspecified atom stereocenters. The van der Waals surface area contributed by atoms with E-state index in [1.807, 2.05) is 12.3 Å². The molecular weight excluding hydrogens is 324 g/mol. The van der Waals surface area contributed by atoms with Gasteiger partial charge < -0.3 is 24.9 Å². The lowest BCUT2D eigenvalue weighted by atomic mass is 10.1. The van der Waals surface area contributed by atoms with Gasteiger partial charge in [0.1, 0.15) is 11.5 Å². The number of phenols is 1. The van der Waals surface area contributed by atoms with Crippen molar-refractivity contribution in [3.05, 3.63) is 23.9 Å². The van der Waals surface area contributed by atoms with Crippen LogP contribution in [-0.2, 0) is 11.2 Å². The van der Waals surface area contributed by atoms with E-state index in [1.165, 1.54) is 0 Å². The quantitative estimate of drug-likeness (QED) is 0.668.